The summed E-state index contributed by atoms with van der Waals surface area (Å²) in [7, 11) is 0. The van der Waals surface area contributed by atoms with Gasteiger partial charge in [-0.1, -0.05) is 0 Å². The lowest BCUT2D eigenvalue weighted by molar-refractivity contribution is -0.143. The highest BCUT2D eigenvalue weighted by molar-refractivity contribution is 5.70. The zero-order valence-corrected chi connectivity index (χ0v) is 14.2. The number of rotatable bonds is 5. The van der Waals surface area contributed by atoms with Crippen molar-refractivity contribution >= 4 is 11.7 Å². The summed E-state index contributed by atoms with van der Waals surface area (Å²) in [5.41, 5.74) is -0.729. The molecule has 7 nitrogen and oxygen atoms in total. The van der Waals surface area contributed by atoms with Crippen LogP contribution in [-0.4, -0.2) is 27.8 Å². The molecule has 1 fully saturated rings. The Morgan fingerprint density at radius 1 is 1.30 bits per heavy atom. The molecule has 0 aliphatic heterocycles. The fourth-order valence-electron chi connectivity index (χ4n) is 3.29. The SMILES string of the molecule is O=C(O)C1CCC(CNc2cc(-c3n[nH]c(=O)o3)ccc2C(F)(F)F)CC1. The number of aliphatic carboxylic acids is 1. The number of halogens is 3. The highest BCUT2D eigenvalue weighted by atomic mass is 19.4. The summed E-state index contributed by atoms with van der Waals surface area (Å²) in [6.07, 6.45) is -2.23. The molecule has 1 saturated carbocycles. The molecule has 1 aliphatic rings. The fraction of sp³-hybridized carbons (Fsp3) is 0.471. The van der Waals surface area contributed by atoms with Crippen molar-refractivity contribution in [2.45, 2.75) is 31.9 Å². The Bertz CT molecular complexity index is 867. The van der Waals surface area contributed by atoms with E-state index in [0.717, 1.165) is 6.07 Å². The van der Waals surface area contributed by atoms with Gasteiger partial charge in [0.25, 0.3) is 0 Å². The molecule has 3 rings (SSSR count). The van der Waals surface area contributed by atoms with Gasteiger partial charge in [-0.25, -0.2) is 9.89 Å². The fourth-order valence-corrected chi connectivity index (χ4v) is 3.29. The number of H-pyrrole nitrogens is 1. The Morgan fingerprint density at radius 2 is 2.00 bits per heavy atom. The number of carbonyl (C=O) groups is 1. The van der Waals surface area contributed by atoms with Gasteiger partial charge in [-0.3, -0.25) is 4.79 Å². The minimum atomic E-state index is -4.55. The molecular formula is C17H18F3N3O4. The van der Waals surface area contributed by atoms with Gasteiger partial charge in [-0.05, 0) is 49.8 Å². The molecule has 146 valence electrons. The highest BCUT2D eigenvalue weighted by Gasteiger charge is 2.34. The van der Waals surface area contributed by atoms with Crippen LogP contribution >= 0.6 is 0 Å². The molecule has 10 heteroatoms. The predicted molar refractivity (Wildman–Crippen MR) is 89.1 cm³/mol. The summed E-state index contributed by atoms with van der Waals surface area (Å²) in [4.78, 5) is 22.0. The summed E-state index contributed by atoms with van der Waals surface area (Å²) in [5.74, 6) is -2.01. The Morgan fingerprint density at radius 3 is 2.56 bits per heavy atom. The second kappa shape index (κ2) is 7.45. The molecule has 1 aromatic carbocycles. The zero-order chi connectivity index (χ0) is 19.6. The number of nitrogens with zero attached hydrogens (tertiary/aromatic N) is 1. The van der Waals surface area contributed by atoms with E-state index in [1.165, 1.54) is 12.1 Å². The number of aromatic amines is 1. The second-order valence-electron chi connectivity index (χ2n) is 6.61. The molecule has 1 aromatic heterocycles. The van der Waals surface area contributed by atoms with Gasteiger partial charge < -0.3 is 14.8 Å². The number of hydrogen-bond donors (Lipinski definition) is 3. The zero-order valence-electron chi connectivity index (χ0n) is 14.2. The van der Waals surface area contributed by atoms with Crippen molar-refractivity contribution in [3.05, 3.63) is 34.3 Å². The first-order chi connectivity index (χ1) is 12.7. The molecule has 0 saturated heterocycles. The second-order valence-corrected chi connectivity index (χ2v) is 6.61. The van der Waals surface area contributed by atoms with Crippen molar-refractivity contribution < 1.29 is 27.5 Å². The van der Waals surface area contributed by atoms with Gasteiger partial charge in [0.05, 0.1) is 11.5 Å². The maximum absolute atomic E-state index is 13.3. The summed E-state index contributed by atoms with van der Waals surface area (Å²) >= 11 is 0. The minimum Gasteiger partial charge on any atom is -0.481 e. The predicted octanol–water partition coefficient (Wildman–Crippen LogP) is 3.35. The van der Waals surface area contributed by atoms with Gasteiger partial charge in [0, 0.05) is 17.8 Å². The number of carboxylic acids is 1. The first-order valence-corrected chi connectivity index (χ1v) is 8.48. The molecule has 2 aromatic rings. The van der Waals surface area contributed by atoms with Crippen LogP contribution in [0.5, 0.6) is 0 Å². The van der Waals surface area contributed by atoms with E-state index in [4.69, 9.17) is 9.52 Å². The Balaban J connectivity index is 1.76. The van der Waals surface area contributed by atoms with Gasteiger partial charge in [0.2, 0.25) is 5.89 Å². The first-order valence-electron chi connectivity index (χ1n) is 8.48. The Labute approximate surface area is 151 Å². The molecule has 1 heterocycles. The van der Waals surface area contributed by atoms with Crippen LogP contribution in [0.2, 0.25) is 0 Å². The number of hydrogen-bond acceptors (Lipinski definition) is 5. The van der Waals surface area contributed by atoms with Gasteiger partial charge in [0.1, 0.15) is 0 Å². The molecule has 1 aliphatic carbocycles. The van der Waals surface area contributed by atoms with Crippen molar-refractivity contribution in [2.24, 2.45) is 11.8 Å². The van der Waals surface area contributed by atoms with E-state index in [-0.39, 0.29) is 29.0 Å². The van der Waals surface area contributed by atoms with E-state index >= 15 is 0 Å². The minimum absolute atomic E-state index is 0.0913. The monoisotopic (exact) mass is 385 g/mol. The van der Waals surface area contributed by atoms with Gasteiger partial charge in [-0.15, -0.1) is 5.10 Å². The van der Waals surface area contributed by atoms with Crippen LogP contribution in [0.1, 0.15) is 31.2 Å². The van der Waals surface area contributed by atoms with Crippen LogP contribution in [-0.2, 0) is 11.0 Å². The number of aromatic nitrogens is 2. The van der Waals surface area contributed by atoms with E-state index in [9.17, 15) is 22.8 Å². The number of benzene rings is 1. The van der Waals surface area contributed by atoms with E-state index < -0.39 is 23.5 Å². The Kier molecular flexibility index (Phi) is 5.24. The lowest BCUT2D eigenvalue weighted by Gasteiger charge is -2.27. The quantitative estimate of drug-likeness (QED) is 0.728. The molecule has 0 bridgehead atoms. The van der Waals surface area contributed by atoms with Crippen LogP contribution in [0, 0.1) is 11.8 Å². The van der Waals surface area contributed by atoms with Crippen LogP contribution in [0.25, 0.3) is 11.5 Å². The molecule has 27 heavy (non-hydrogen) atoms. The van der Waals surface area contributed by atoms with E-state index in [0.29, 0.717) is 32.2 Å². The summed E-state index contributed by atoms with van der Waals surface area (Å²) in [6, 6.07) is 3.34. The Hall–Kier alpha value is -2.78. The number of nitrogens with one attached hydrogen (secondary N) is 2. The largest absolute Gasteiger partial charge is 0.481 e. The van der Waals surface area contributed by atoms with Gasteiger partial charge in [0.15, 0.2) is 0 Å². The summed E-state index contributed by atoms with van der Waals surface area (Å²) < 4.78 is 44.7. The number of carboxylic acid groups (broad SMARTS) is 1. The molecule has 0 spiro atoms. The molecule has 0 radical (unpaired) electrons. The normalized spacial score (nSPS) is 20.4. The van der Waals surface area contributed by atoms with E-state index in [1.54, 1.807) is 0 Å². The van der Waals surface area contributed by atoms with Crippen LogP contribution in [0.4, 0.5) is 18.9 Å². The lowest BCUT2D eigenvalue weighted by atomic mass is 9.82. The van der Waals surface area contributed by atoms with Gasteiger partial charge in [-0.2, -0.15) is 13.2 Å². The third-order valence-electron chi connectivity index (χ3n) is 4.79. The third-order valence-corrected chi connectivity index (χ3v) is 4.79. The number of anilines is 1. The first kappa shape index (κ1) is 19.0. The highest BCUT2D eigenvalue weighted by Crippen LogP contribution is 2.37. The standard InChI is InChI=1S/C17H18F3N3O4/c18-17(19,20)12-6-5-11(14-22-23-16(26)27-14)7-13(12)21-8-9-1-3-10(4-2-9)15(24)25/h5-7,9-10,21H,1-4,8H2,(H,23,26)(H,24,25). The molecule has 0 atom stereocenters. The molecular weight excluding hydrogens is 367 g/mol. The topological polar surface area (TPSA) is 108 Å². The van der Waals surface area contributed by atoms with Crippen molar-refractivity contribution in [3.8, 4) is 11.5 Å². The van der Waals surface area contributed by atoms with Crippen LogP contribution in [0.15, 0.2) is 27.4 Å². The van der Waals surface area contributed by atoms with Crippen molar-refractivity contribution in [2.75, 3.05) is 11.9 Å². The van der Waals surface area contributed by atoms with Crippen LogP contribution < -0.4 is 11.1 Å². The molecule has 3 N–H and O–H groups in total. The summed E-state index contributed by atoms with van der Waals surface area (Å²) in [5, 5.41) is 17.5. The van der Waals surface area contributed by atoms with Gasteiger partial charge >= 0.3 is 17.9 Å². The van der Waals surface area contributed by atoms with E-state index in [2.05, 4.69) is 15.5 Å². The maximum atomic E-state index is 13.3. The maximum Gasteiger partial charge on any atom is 0.434 e. The average molecular weight is 385 g/mol. The molecule has 0 unspecified atom stereocenters. The number of alkyl halides is 3. The van der Waals surface area contributed by atoms with Crippen LogP contribution in [0.3, 0.4) is 0 Å². The lowest BCUT2D eigenvalue weighted by Crippen LogP contribution is -2.25. The summed E-state index contributed by atoms with van der Waals surface area (Å²) in [6.45, 7) is 0.295. The molecule has 0 amide bonds. The van der Waals surface area contributed by atoms with Crippen molar-refractivity contribution in [1.29, 1.82) is 0 Å². The van der Waals surface area contributed by atoms with Crippen molar-refractivity contribution in [3.63, 3.8) is 0 Å². The third kappa shape index (κ3) is 4.50. The van der Waals surface area contributed by atoms with E-state index in [1.807, 2.05) is 0 Å². The smallest absolute Gasteiger partial charge is 0.434 e. The average Bonchev–Trinajstić information content (AvgIpc) is 3.05. The van der Waals surface area contributed by atoms with Crippen molar-refractivity contribution in [1.82, 2.24) is 10.2 Å².